The molecule has 2 rings (SSSR count). The average molecular weight is 576 g/mol. The van der Waals surface area contributed by atoms with E-state index in [1.165, 1.54) is 12.1 Å². The maximum absolute atomic E-state index is 12.9. The van der Waals surface area contributed by atoms with Gasteiger partial charge in [-0.15, -0.1) is 24.0 Å². The molecular weight excluding hydrogens is 544 g/mol. The summed E-state index contributed by atoms with van der Waals surface area (Å²) < 4.78 is 61.6. The van der Waals surface area contributed by atoms with Crippen molar-refractivity contribution in [2.45, 2.75) is 32.4 Å². The molecule has 0 amide bonds. The van der Waals surface area contributed by atoms with Gasteiger partial charge in [-0.3, -0.25) is 9.89 Å². The van der Waals surface area contributed by atoms with Crippen molar-refractivity contribution in [3.63, 3.8) is 0 Å². The third kappa shape index (κ3) is 9.94. The van der Waals surface area contributed by atoms with E-state index in [1.807, 2.05) is 13.8 Å². The Morgan fingerprint density at radius 3 is 2.52 bits per heavy atom. The van der Waals surface area contributed by atoms with Gasteiger partial charge in [-0.25, -0.2) is 8.42 Å². The van der Waals surface area contributed by atoms with Gasteiger partial charge in [-0.1, -0.05) is 25.1 Å². The molecule has 0 saturated carbocycles. The summed E-state index contributed by atoms with van der Waals surface area (Å²) in [6.07, 6.45) is -3.71. The Bertz CT molecular complexity index is 805. The number of nitrogens with one attached hydrogen (secondary N) is 2. The molecule has 1 aromatic carbocycles. The number of guanidine groups is 1. The maximum Gasteiger partial charge on any atom is 0.416 e. The highest BCUT2D eigenvalue weighted by Gasteiger charge is 2.30. The Morgan fingerprint density at radius 1 is 1.23 bits per heavy atom. The fourth-order valence-corrected chi connectivity index (χ4v) is 4.48. The fourth-order valence-electron chi connectivity index (χ4n) is 3.21. The highest BCUT2D eigenvalue weighted by Crippen LogP contribution is 2.31. The number of sulfone groups is 1. The number of alkyl halides is 3. The van der Waals surface area contributed by atoms with Crippen molar-refractivity contribution in [2.75, 3.05) is 50.8 Å². The van der Waals surface area contributed by atoms with E-state index in [0.717, 1.165) is 12.6 Å². The third-order valence-corrected chi connectivity index (χ3v) is 6.73. The molecule has 2 N–H and O–H groups in total. The van der Waals surface area contributed by atoms with E-state index in [1.54, 1.807) is 6.07 Å². The smallest absolute Gasteiger partial charge is 0.357 e. The van der Waals surface area contributed by atoms with Gasteiger partial charge in [0, 0.05) is 39.3 Å². The van der Waals surface area contributed by atoms with Crippen LogP contribution in [-0.2, 0) is 16.0 Å². The van der Waals surface area contributed by atoms with Crippen LogP contribution >= 0.6 is 24.0 Å². The number of aliphatic imine (C=N–C) groups is 1. The molecule has 1 heterocycles. The van der Waals surface area contributed by atoms with Crippen LogP contribution in [0.2, 0.25) is 0 Å². The van der Waals surface area contributed by atoms with Crippen LogP contribution in [-0.4, -0.2) is 70.1 Å². The number of nitrogens with zero attached hydrogens (tertiary/aromatic N) is 2. The molecule has 1 atom stereocenters. The monoisotopic (exact) mass is 576 g/mol. The van der Waals surface area contributed by atoms with Gasteiger partial charge in [0.05, 0.1) is 17.1 Å². The Labute approximate surface area is 200 Å². The van der Waals surface area contributed by atoms with E-state index in [4.69, 9.17) is 0 Å². The molecule has 11 heteroatoms. The van der Waals surface area contributed by atoms with Crippen LogP contribution in [0.5, 0.6) is 0 Å². The molecule has 0 aromatic heterocycles. The number of hydrogen-bond acceptors (Lipinski definition) is 4. The number of halogens is 4. The minimum Gasteiger partial charge on any atom is -0.357 e. The van der Waals surface area contributed by atoms with Crippen molar-refractivity contribution in [2.24, 2.45) is 4.99 Å². The number of benzene rings is 1. The summed E-state index contributed by atoms with van der Waals surface area (Å²) in [6, 6.07) is 5.44. The quantitative estimate of drug-likeness (QED) is 0.283. The van der Waals surface area contributed by atoms with E-state index < -0.39 is 21.6 Å². The SMILES string of the molecule is CCNC(=NCCC(C)c1cccc(C(F)(F)F)c1)NCCN1CCS(=O)(=O)CC1.I. The predicted octanol–water partition coefficient (Wildman–Crippen LogP) is 3.10. The molecule has 0 spiro atoms. The van der Waals surface area contributed by atoms with Crippen LogP contribution < -0.4 is 10.6 Å². The molecule has 6 nitrogen and oxygen atoms in total. The topological polar surface area (TPSA) is 73.8 Å². The van der Waals surface area contributed by atoms with E-state index in [9.17, 15) is 21.6 Å². The first-order chi connectivity index (χ1) is 14.1. The second-order valence-electron chi connectivity index (χ2n) is 7.49. The van der Waals surface area contributed by atoms with Gasteiger partial charge < -0.3 is 10.6 Å². The van der Waals surface area contributed by atoms with Gasteiger partial charge in [-0.05, 0) is 30.9 Å². The summed E-state index contributed by atoms with van der Waals surface area (Å²) in [5.41, 5.74) is 0.0221. The Morgan fingerprint density at radius 2 is 1.90 bits per heavy atom. The summed E-state index contributed by atoms with van der Waals surface area (Å²) >= 11 is 0. The van der Waals surface area contributed by atoms with Crippen LogP contribution in [0.3, 0.4) is 0 Å². The molecule has 1 aromatic rings. The van der Waals surface area contributed by atoms with Crippen molar-refractivity contribution in [1.82, 2.24) is 15.5 Å². The Balaban J connectivity index is 0.00000480. The predicted molar refractivity (Wildman–Crippen MR) is 129 cm³/mol. The first kappa shape index (κ1) is 28.0. The lowest BCUT2D eigenvalue weighted by Crippen LogP contribution is -2.46. The van der Waals surface area contributed by atoms with Crippen molar-refractivity contribution >= 4 is 39.8 Å². The van der Waals surface area contributed by atoms with Gasteiger partial charge in [0.1, 0.15) is 0 Å². The van der Waals surface area contributed by atoms with Crippen molar-refractivity contribution < 1.29 is 21.6 Å². The lowest BCUT2D eigenvalue weighted by molar-refractivity contribution is -0.137. The summed E-state index contributed by atoms with van der Waals surface area (Å²) in [5.74, 6) is 1.01. The first-order valence-electron chi connectivity index (χ1n) is 10.2. The van der Waals surface area contributed by atoms with E-state index >= 15 is 0 Å². The van der Waals surface area contributed by atoms with Crippen molar-refractivity contribution in [3.05, 3.63) is 35.4 Å². The molecule has 0 aliphatic carbocycles. The molecular formula is C20H32F3IN4O2S. The molecule has 31 heavy (non-hydrogen) atoms. The van der Waals surface area contributed by atoms with Crippen LogP contribution in [0, 0.1) is 0 Å². The fraction of sp³-hybridized carbons (Fsp3) is 0.650. The number of hydrogen-bond donors (Lipinski definition) is 2. The molecule has 0 radical (unpaired) electrons. The normalized spacial score (nSPS) is 18.2. The van der Waals surface area contributed by atoms with E-state index in [0.29, 0.717) is 50.7 Å². The molecule has 0 bridgehead atoms. The standard InChI is InChI=1S/C20H31F3N4O2S.HI/c1-3-24-19(26-9-10-27-11-13-30(28,29)14-12-27)25-8-7-16(2)17-5-4-6-18(15-17)20(21,22)23;/h4-6,15-16H,3,7-14H2,1-2H3,(H2,24,25,26);1H. The van der Waals surface area contributed by atoms with Crippen LogP contribution in [0.15, 0.2) is 29.3 Å². The highest BCUT2D eigenvalue weighted by atomic mass is 127. The van der Waals surface area contributed by atoms with Crippen LogP contribution in [0.1, 0.15) is 37.3 Å². The summed E-state index contributed by atoms with van der Waals surface area (Å²) in [5, 5.41) is 6.38. The minimum atomic E-state index is -4.34. The molecule has 1 fully saturated rings. The Kier molecular flexibility index (Phi) is 11.6. The molecule has 178 valence electrons. The second-order valence-corrected chi connectivity index (χ2v) is 9.80. The van der Waals surface area contributed by atoms with Gasteiger partial charge in [0.15, 0.2) is 15.8 Å². The average Bonchev–Trinajstić information content (AvgIpc) is 2.68. The lowest BCUT2D eigenvalue weighted by Gasteiger charge is -2.26. The minimum absolute atomic E-state index is 0. The van der Waals surface area contributed by atoms with Crippen LogP contribution in [0.4, 0.5) is 13.2 Å². The zero-order valence-electron chi connectivity index (χ0n) is 17.9. The molecule has 1 saturated heterocycles. The Hall–Kier alpha value is -1.08. The first-order valence-corrected chi connectivity index (χ1v) is 12.0. The van der Waals surface area contributed by atoms with Gasteiger partial charge in [0.25, 0.3) is 0 Å². The molecule has 1 aliphatic rings. The highest BCUT2D eigenvalue weighted by molar-refractivity contribution is 14.0. The largest absolute Gasteiger partial charge is 0.416 e. The van der Waals surface area contributed by atoms with E-state index in [-0.39, 0.29) is 41.4 Å². The lowest BCUT2D eigenvalue weighted by atomic mass is 9.96. The second kappa shape index (κ2) is 12.8. The zero-order chi connectivity index (χ0) is 22.2. The zero-order valence-corrected chi connectivity index (χ0v) is 21.1. The third-order valence-electron chi connectivity index (χ3n) is 5.12. The van der Waals surface area contributed by atoms with Crippen molar-refractivity contribution in [3.8, 4) is 0 Å². The van der Waals surface area contributed by atoms with Crippen LogP contribution in [0.25, 0.3) is 0 Å². The van der Waals surface area contributed by atoms with Gasteiger partial charge in [-0.2, -0.15) is 13.2 Å². The summed E-state index contributed by atoms with van der Waals surface area (Å²) in [4.78, 5) is 6.62. The molecule has 1 unspecified atom stereocenters. The molecule has 1 aliphatic heterocycles. The van der Waals surface area contributed by atoms with E-state index in [2.05, 4.69) is 20.5 Å². The van der Waals surface area contributed by atoms with Gasteiger partial charge in [0.2, 0.25) is 0 Å². The van der Waals surface area contributed by atoms with Crippen molar-refractivity contribution in [1.29, 1.82) is 0 Å². The maximum atomic E-state index is 12.9. The number of rotatable bonds is 8. The van der Waals surface area contributed by atoms with Gasteiger partial charge >= 0.3 is 6.18 Å². The summed E-state index contributed by atoms with van der Waals surface area (Å²) in [6.45, 7) is 7.48. The summed E-state index contributed by atoms with van der Waals surface area (Å²) in [7, 11) is -2.88.